The molecule has 0 saturated carbocycles. The summed E-state index contributed by atoms with van der Waals surface area (Å²) in [6.07, 6.45) is 13.2. The minimum absolute atomic E-state index is 0.177. The predicted octanol–water partition coefficient (Wildman–Crippen LogP) is 4.03. The molecule has 0 unspecified atom stereocenters. The maximum Gasteiger partial charge on any atom is 0.324 e. The average Bonchev–Trinajstić information content (AvgIpc) is 2.91. The van der Waals surface area contributed by atoms with E-state index in [1.54, 1.807) is 7.11 Å². The van der Waals surface area contributed by atoms with E-state index in [1.165, 1.54) is 6.42 Å². The van der Waals surface area contributed by atoms with Crippen LogP contribution in [-0.2, 0) is 14.9 Å². The number of ether oxygens (including phenoxy) is 2. The Labute approximate surface area is 167 Å². The summed E-state index contributed by atoms with van der Waals surface area (Å²) in [5.74, 6) is 1.29. The van der Waals surface area contributed by atoms with Crippen LogP contribution in [0.15, 0.2) is 60.2 Å². The van der Waals surface area contributed by atoms with Crippen LogP contribution in [0.3, 0.4) is 0 Å². The molecule has 0 spiro atoms. The number of benzene rings is 1. The van der Waals surface area contributed by atoms with Gasteiger partial charge in [-0.1, -0.05) is 49.4 Å². The molecule has 3 atom stereocenters. The molecule has 4 rings (SSSR count). The topological polar surface area (TPSA) is 38.8 Å². The minimum Gasteiger partial charge on any atom is -0.497 e. The third-order valence-electron chi connectivity index (χ3n) is 6.41. The van der Waals surface area contributed by atoms with Gasteiger partial charge in [-0.25, -0.2) is 0 Å². The maximum atomic E-state index is 13.5. The number of hydrogen-bond acceptors (Lipinski definition) is 4. The molecule has 1 aliphatic carbocycles. The van der Waals surface area contributed by atoms with Gasteiger partial charge in [0.1, 0.15) is 17.8 Å². The van der Waals surface area contributed by atoms with Crippen LogP contribution in [0.1, 0.15) is 31.7 Å². The zero-order valence-electron chi connectivity index (χ0n) is 16.8. The van der Waals surface area contributed by atoms with Gasteiger partial charge in [-0.2, -0.15) is 0 Å². The van der Waals surface area contributed by atoms with E-state index in [1.807, 2.05) is 48.6 Å². The van der Waals surface area contributed by atoms with Crippen LogP contribution in [-0.4, -0.2) is 43.7 Å². The highest BCUT2D eigenvalue weighted by Gasteiger charge is 2.45. The van der Waals surface area contributed by atoms with Gasteiger partial charge in [0.2, 0.25) is 0 Å². The molecule has 0 bridgehead atoms. The van der Waals surface area contributed by atoms with E-state index in [9.17, 15) is 4.79 Å². The Kier molecular flexibility index (Phi) is 5.40. The molecule has 2 saturated heterocycles. The van der Waals surface area contributed by atoms with Crippen LogP contribution in [0.4, 0.5) is 0 Å². The van der Waals surface area contributed by atoms with E-state index < -0.39 is 5.41 Å². The molecule has 1 aromatic rings. The second-order valence-corrected chi connectivity index (χ2v) is 8.14. The zero-order valence-corrected chi connectivity index (χ0v) is 16.8. The second-order valence-electron chi connectivity index (χ2n) is 8.14. The highest BCUT2D eigenvalue weighted by atomic mass is 16.5. The molecule has 1 aromatic carbocycles. The van der Waals surface area contributed by atoms with Crippen molar-refractivity contribution in [2.45, 2.75) is 37.6 Å². The SMILES string of the molecule is COc1ccc([C@@]23C=CC=CC=C2CCN2CC[C@@H](C)C[C@H]2COC3=O)cc1. The number of nitrogens with zero attached hydrogens (tertiary/aromatic N) is 1. The van der Waals surface area contributed by atoms with Crippen LogP contribution in [0, 0.1) is 5.92 Å². The second kappa shape index (κ2) is 7.96. The van der Waals surface area contributed by atoms with Gasteiger partial charge in [-0.05, 0) is 55.0 Å². The zero-order chi connectivity index (χ0) is 19.6. The molecule has 148 valence electrons. The summed E-state index contributed by atoms with van der Waals surface area (Å²) in [6.45, 7) is 4.80. The fraction of sp³-hybridized carbons (Fsp3) is 0.458. The van der Waals surface area contributed by atoms with E-state index in [2.05, 4.69) is 17.9 Å². The largest absolute Gasteiger partial charge is 0.497 e. The third kappa shape index (κ3) is 3.42. The van der Waals surface area contributed by atoms with Crippen LogP contribution in [0.2, 0.25) is 0 Å². The third-order valence-corrected chi connectivity index (χ3v) is 6.41. The molecule has 4 heteroatoms. The van der Waals surface area contributed by atoms with Gasteiger partial charge in [-0.3, -0.25) is 9.69 Å². The first kappa shape index (κ1) is 19.0. The summed E-state index contributed by atoms with van der Waals surface area (Å²) in [5, 5.41) is 0. The molecular weight excluding hydrogens is 350 g/mol. The van der Waals surface area contributed by atoms with Crippen LogP contribution in [0.25, 0.3) is 0 Å². The molecule has 28 heavy (non-hydrogen) atoms. The Bertz CT molecular complexity index is 808. The summed E-state index contributed by atoms with van der Waals surface area (Å²) in [6, 6.07) is 8.12. The fourth-order valence-corrected chi connectivity index (χ4v) is 4.73. The molecule has 4 nitrogen and oxygen atoms in total. The summed E-state index contributed by atoms with van der Waals surface area (Å²) < 4.78 is 11.3. The predicted molar refractivity (Wildman–Crippen MR) is 110 cm³/mol. The van der Waals surface area contributed by atoms with Crippen LogP contribution >= 0.6 is 0 Å². The smallest absolute Gasteiger partial charge is 0.324 e. The Morgan fingerprint density at radius 2 is 1.96 bits per heavy atom. The lowest BCUT2D eigenvalue weighted by Gasteiger charge is -2.37. The van der Waals surface area contributed by atoms with Crippen LogP contribution in [0.5, 0.6) is 5.75 Å². The standard InChI is InChI=1S/C24H29NO3/c1-18-11-14-25-15-12-19-6-4-3-5-13-24(19,23(26)28-17-21(25)16-18)20-7-9-22(27-2)10-8-20/h3-10,13,18,21H,11-12,14-17H2,1-2H3/t18-,21+,24-/m1/s1. The summed E-state index contributed by atoms with van der Waals surface area (Å²) in [4.78, 5) is 16.1. The number of allylic oxidation sites excluding steroid dienone is 4. The average molecular weight is 380 g/mol. The number of piperidine rings is 1. The summed E-state index contributed by atoms with van der Waals surface area (Å²) in [5.41, 5.74) is 1.14. The van der Waals surface area contributed by atoms with E-state index in [0.29, 0.717) is 18.6 Å². The Hall–Kier alpha value is -2.33. The molecule has 0 aromatic heterocycles. The van der Waals surface area contributed by atoms with Crippen molar-refractivity contribution < 1.29 is 14.3 Å². The van der Waals surface area contributed by atoms with Crippen molar-refractivity contribution in [3.05, 3.63) is 65.8 Å². The number of carbonyl (C=O) groups is 1. The van der Waals surface area contributed by atoms with Crippen molar-refractivity contribution in [2.24, 2.45) is 5.92 Å². The number of cyclic esters (lactones) is 1. The van der Waals surface area contributed by atoms with Gasteiger partial charge in [0.05, 0.1) is 7.11 Å². The quantitative estimate of drug-likeness (QED) is 0.727. The van der Waals surface area contributed by atoms with E-state index in [0.717, 1.165) is 42.8 Å². The highest BCUT2D eigenvalue weighted by molar-refractivity contribution is 5.90. The Balaban J connectivity index is 1.75. The van der Waals surface area contributed by atoms with Gasteiger partial charge in [0, 0.05) is 12.6 Å². The minimum atomic E-state index is -0.879. The maximum absolute atomic E-state index is 13.5. The first-order valence-corrected chi connectivity index (χ1v) is 10.2. The lowest BCUT2D eigenvalue weighted by atomic mass is 9.72. The number of rotatable bonds is 2. The molecule has 0 radical (unpaired) electrons. The Morgan fingerprint density at radius 1 is 1.14 bits per heavy atom. The summed E-state index contributed by atoms with van der Waals surface area (Å²) >= 11 is 0. The van der Waals surface area contributed by atoms with E-state index >= 15 is 0 Å². The van der Waals surface area contributed by atoms with Gasteiger partial charge < -0.3 is 9.47 Å². The van der Waals surface area contributed by atoms with Crippen molar-refractivity contribution >= 4 is 5.97 Å². The molecule has 3 aliphatic rings. The van der Waals surface area contributed by atoms with Crippen molar-refractivity contribution in [1.29, 1.82) is 0 Å². The number of esters is 1. The molecule has 0 N–H and O–H groups in total. The van der Waals surface area contributed by atoms with Gasteiger partial charge in [0.15, 0.2) is 0 Å². The molecule has 2 fully saturated rings. The normalized spacial score (nSPS) is 30.6. The van der Waals surface area contributed by atoms with E-state index in [4.69, 9.17) is 9.47 Å². The fourth-order valence-electron chi connectivity index (χ4n) is 4.73. The van der Waals surface area contributed by atoms with Crippen LogP contribution < -0.4 is 4.74 Å². The van der Waals surface area contributed by atoms with Crippen molar-refractivity contribution in [1.82, 2.24) is 4.90 Å². The number of fused-ring (bicyclic) bond motifs is 2. The van der Waals surface area contributed by atoms with Gasteiger partial charge in [0.25, 0.3) is 0 Å². The van der Waals surface area contributed by atoms with Gasteiger partial charge >= 0.3 is 5.97 Å². The highest BCUT2D eigenvalue weighted by Crippen LogP contribution is 2.40. The number of methoxy groups -OCH3 is 1. The molecule has 2 heterocycles. The van der Waals surface area contributed by atoms with Crippen molar-refractivity contribution in [2.75, 3.05) is 26.8 Å². The van der Waals surface area contributed by atoms with Crippen molar-refractivity contribution in [3.8, 4) is 5.75 Å². The monoisotopic (exact) mass is 379 g/mol. The lowest BCUT2D eigenvalue weighted by molar-refractivity contribution is -0.149. The number of carbonyl (C=O) groups excluding carboxylic acids is 1. The lowest BCUT2D eigenvalue weighted by Crippen LogP contribution is -2.45. The first-order valence-electron chi connectivity index (χ1n) is 10.2. The Morgan fingerprint density at radius 3 is 2.75 bits per heavy atom. The molecule has 0 amide bonds. The summed E-state index contributed by atoms with van der Waals surface area (Å²) in [7, 11) is 1.65. The molecule has 2 aliphatic heterocycles. The van der Waals surface area contributed by atoms with Crippen molar-refractivity contribution in [3.63, 3.8) is 0 Å². The van der Waals surface area contributed by atoms with Gasteiger partial charge in [-0.15, -0.1) is 0 Å². The molecular formula is C24H29NO3. The first-order chi connectivity index (χ1) is 13.6. The van der Waals surface area contributed by atoms with E-state index in [-0.39, 0.29) is 5.97 Å². The number of hydrogen-bond donors (Lipinski definition) is 0.